The fraction of sp³-hybridized carbons (Fsp3) is 0.286. The van der Waals surface area contributed by atoms with Crippen LogP contribution >= 0.6 is 0 Å². The van der Waals surface area contributed by atoms with E-state index in [0.29, 0.717) is 0 Å². The van der Waals surface area contributed by atoms with Crippen LogP contribution in [-0.4, -0.2) is 5.71 Å². The van der Waals surface area contributed by atoms with Crippen molar-refractivity contribution in [1.29, 1.82) is 0 Å². The quantitative estimate of drug-likeness (QED) is 0.516. The van der Waals surface area contributed by atoms with Gasteiger partial charge < -0.3 is 5.32 Å². The molecule has 0 aliphatic carbocycles. The van der Waals surface area contributed by atoms with Gasteiger partial charge in [0.15, 0.2) is 0 Å². The Bertz CT molecular complexity index is 199. The maximum atomic E-state index is 4.08. The molecule has 0 saturated carbocycles. The van der Waals surface area contributed by atoms with Gasteiger partial charge >= 0.3 is 0 Å². The van der Waals surface area contributed by atoms with Crippen LogP contribution in [0.4, 0.5) is 0 Å². The molecule has 0 aromatic heterocycles. The molecule has 1 aliphatic rings. The Morgan fingerprint density at radius 1 is 1.56 bits per heavy atom. The van der Waals surface area contributed by atoms with Crippen molar-refractivity contribution in [3.8, 4) is 0 Å². The molecule has 2 nitrogen and oxygen atoms in total. The monoisotopic (exact) mass is 122 g/mol. The predicted octanol–water partition coefficient (Wildman–Crippen LogP) is 1.43. The summed E-state index contributed by atoms with van der Waals surface area (Å²) >= 11 is 0. The molecule has 1 N–H and O–H groups in total. The fourth-order valence-corrected chi connectivity index (χ4v) is 0.632. The fourth-order valence-electron chi connectivity index (χ4n) is 0.632. The van der Waals surface area contributed by atoms with Crippen molar-refractivity contribution in [1.82, 2.24) is 5.32 Å². The Balaban J connectivity index is 2.86. The number of allylic oxidation sites excluding steroid dienone is 2. The minimum Gasteiger partial charge on any atom is -0.357 e. The molecule has 9 heavy (non-hydrogen) atoms. The van der Waals surface area contributed by atoms with Crippen LogP contribution in [-0.2, 0) is 0 Å². The van der Waals surface area contributed by atoms with E-state index >= 15 is 0 Å². The second-order valence-electron chi connectivity index (χ2n) is 2.13. The zero-order chi connectivity index (χ0) is 6.85. The Labute approximate surface area is 55.0 Å². The van der Waals surface area contributed by atoms with Crippen molar-refractivity contribution in [2.75, 3.05) is 0 Å². The summed E-state index contributed by atoms with van der Waals surface area (Å²) in [6.07, 6.45) is 1.80. The Kier molecular flexibility index (Phi) is 1.39. The first-order chi connectivity index (χ1) is 4.20. The maximum absolute atomic E-state index is 4.08. The highest BCUT2D eigenvalue weighted by molar-refractivity contribution is 5.98. The van der Waals surface area contributed by atoms with Crippen molar-refractivity contribution in [2.24, 2.45) is 4.99 Å². The van der Waals surface area contributed by atoms with Gasteiger partial charge in [-0.1, -0.05) is 6.58 Å². The Hall–Kier alpha value is -1.05. The molecule has 1 rings (SSSR count). The van der Waals surface area contributed by atoms with Crippen molar-refractivity contribution >= 4 is 5.71 Å². The molecule has 0 bridgehead atoms. The summed E-state index contributed by atoms with van der Waals surface area (Å²) in [5.74, 6) is 0. The molecule has 2 heteroatoms. The topological polar surface area (TPSA) is 24.4 Å². The molecule has 0 saturated heterocycles. The van der Waals surface area contributed by atoms with E-state index in [9.17, 15) is 0 Å². The summed E-state index contributed by atoms with van der Waals surface area (Å²) in [6, 6.07) is 0. The second kappa shape index (κ2) is 2.05. The number of rotatable bonds is 0. The Morgan fingerprint density at radius 3 is 2.67 bits per heavy atom. The summed E-state index contributed by atoms with van der Waals surface area (Å²) in [5.41, 5.74) is 2.90. The third kappa shape index (κ3) is 1.19. The summed E-state index contributed by atoms with van der Waals surface area (Å²) in [4.78, 5) is 4.08. The van der Waals surface area contributed by atoms with Gasteiger partial charge in [-0.2, -0.15) is 0 Å². The smallest absolute Gasteiger partial charge is 0.0601 e. The third-order valence-corrected chi connectivity index (χ3v) is 1.24. The lowest BCUT2D eigenvalue weighted by atomic mass is 10.3. The molecule has 48 valence electrons. The molecule has 0 fully saturated rings. The van der Waals surface area contributed by atoms with Gasteiger partial charge in [-0.25, -0.2) is 0 Å². The van der Waals surface area contributed by atoms with Crippen molar-refractivity contribution < 1.29 is 0 Å². The first-order valence-corrected chi connectivity index (χ1v) is 2.87. The van der Waals surface area contributed by atoms with Gasteiger partial charge in [-0.3, -0.25) is 4.99 Å². The van der Waals surface area contributed by atoms with Gasteiger partial charge in [0.2, 0.25) is 0 Å². The third-order valence-electron chi connectivity index (χ3n) is 1.24. The highest BCUT2D eigenvalue weighted by Crippen LogP contribution is 2.02. The van der Waals surface area contributed by atoms with E-state index < -0.39 is 0 Å². The summed E-state index contributed by atoms with van der Waals surface area (Å²) < 4.78 is 0. The second-order valence-corrected chi connectivity index (χ2v) is 2.13. The van der Waals surface area contributed by atoms with Crippen LogP contribution in [0, 0.1) is 0 Å². The summed E-state index contributed by atoms with van der Waals surface area (Å²) in [5, 5.41) is 3.06. The Morgan fingerprint density at radius 2 is 2.22 bits per heavy atom. The minimum atomic E-state index is 0.898. The lowest BCUT2D eigenvalue weighted by Gasteiger charge is -2.12. The molecule has 0 spiro atoms. The highest BCUT2D eigenvalue weighted by Gasteiger charge is 2.01. The van der Waals surface area contributed by atoms with Crippen LogP contribution in [0.15, 0.2) is 29.2 Å². The van der Waals surface area contributed by atoms with Crippen molar-refractivity contribution in [3.63, 3.8) is 0 Å². The van der Waals surface area contributed by atoms with E-state index in [1.165, 1.54) is 0 Å². The average Bonchev–Trinajstić information content (AvgIpc) is 1.80. The normalized spacial score (nSPS) is 18.2. The lowest BCUT2D eigenvalue weighted by molar-refractivity contribution is 0.990. The number of nitrogens with zero attached hydrogens (tertiary/aromatic N) is 1. The van der Waals surface area contributed by atoms with Crippen LogP contribution in [0.25, 0.3) is 0 Å². The zero-order valence-corrected chi connectivity index (χ0v) is 5.73. The molecule has 0 radical (unpaired) electrons. The predicted molar refractivity (Wildman–Crippen MR) is 39.1 cm³/mol. The van der Waals surface area contributed by atoms with Gasteiger partial charge in [-0.05, 0) is 13.8 Å². The van der Waals surface area contributed by atoms with Gasteiger partial charge in [-0.15, -0.1) is 0 Å². The molecule has 0 aromatic carbocycles. The van der Waals surface area contributed by atoms with Crippen LogP contribution in [0.2, 0.25) is 0 Å². The van der Waals surface area contributed by atoms with E-state index in [1.807, 2.05) is 13.8 Å². The minimum absolute atomic E-state index is 0.898. The van der Waals surface area contributed by atoms with E-state index in [4.69, 9.17) is 0 Å². The van der Waals surface area contributed by atoms with E-state index in [2.05, 4.69) is 16.9 Å². The molecule has 0 aromatic rings. The van der Waals surface area contributed by atoms with Gasteiger partial charge in [0.05, 0.1) is 11.4 Å². The van der Waals surface area contributed by atoms with Crippen LogP contribution < -0.4 is 5.32 Å². The largest absolute Gasteiger partial charge is 0.357 e. The summed E-state index contributed by atoms with van der Waals surface area (Å²) in [6.45, 7) is 7.65. The number of hydrogen-bond donors (Lipinski definition) is 1. The van der Waals surface area contributed by atoms with E-state index in [1.54, 1.807) is 6.20 Å². The first kappa shape index (κ1) is 6.08. The summed E-state index contributed by atoms with van der Waals surface area (Å²) in [7, 11) is 0. The molecular weight excluding hydrogens is 112 g/mol. The van der Waals surface area contributed by atoms with Crippen LogP contribution in [0.5, 0.6) is 0 Å². The van der Waals surface area contributed by atoms with Crippen molar-refractivity contribution in [3.05, 3.63) is 24.2 Å². The van der Waals surface area contributed by atoms with Crippen LogP contribution in [0.1, 0.15) is 13.8 Å². The molecule has 0 atom stereocenters. The lowest BCUT2D eigenvalue weighted by Crippen LogP contribution is -2.18. The van der Waals surface area contributed by atoms with E-state index in [0.717, 1.165) is 17.1 Å². The van der Waals surface area contributed by atoms with Crippen LogP contribution in [0.3, 0.4) is 0 Å². The van der Waals surface area contributed by atoms with Crippen molar-refractivity contribution in [2.45, 2.75) is 13.8 Å². The van der Waals surface area contributed by atoms with Gasteiger partial charge in [0, 0.05) is 11.9 Å². The highest BCUT2D eigenvalue weighted by atomic mass is 15.0. The van der Waals surface area contributed by atoms with E-state index in [-0.39, 0.29) is 0 Å². The molecular formula is C7H10N2. The zero-order valence-electron chi connectivity index (χ0n) is 5.73. The molecule has 0 amide bonds. The maximum Gasteiger partial charge on any atom is 0.0601 e. The average molecular weight is 122 g/mol. The first-order valence-electron chi connectivity index (χ1n) is 2.87. The standard InChI is InChI=1S/C7H10N2/c1-5-4-8-6(2)7(3)9-5/h4,9H,3H2,1-2H3. The molecule has 1 aliphatic heterocycles. The number of nitrogens with one attached hydrogen (secondary N) is 1. The molecule has 1 heterocycles. The van der Waals surface area contributed by atoms with Gasteiger partial charge in [0.1, 0.15) is 0 Å². The SMILES string of the molecule is C=C1NC(C)=CN=C1C. The number of aliphatic imine (C=N–C) groups is 1. The van der Waals surface area contributed by atoms with Gasteiger partial charge in [0.25, 0.3) is 0 Å². The molecule has 0 unspecified atom stereocenters. The number of hydrogen-bond acceptors (Lipinski definition) is 2.